The third-order valence-corrected chi connectivity index (χ3v) is 6.19. The molecule has 1 heterocycles. The van der Waals surface area contributed by atoms with Gasteiger partial charge in [0, 0.05) is 23.8 Å². The van der Waals surface area contributed by atoms with Crippen LogP contribution in [0.4, 0.5) is 5.69 Å². The Bertz CT molecular complexity index is 924. The maximum atomic E-state index is 12.7. The molecule has 0 bridgehead atoms. The van der Waals surface area contributed by atoms with Gasteiger partial charge in [-0.3, -0.25) is 9.52 Å². The summed E-state index contributed by atoms with van der Waals surface area (Å²) in [6.07, 6.45) is 2.01. The molecule has 3 rings (SSSR count). The smallest absolute Gasteiger partial charge is 0.262 e. The van der Waals surface area contributed by atoms with Crippen molar-refractivity contribution in [3.63, 3.8) is 0 Å². The Balaban J connectivity index is 0.00000280. The second-order valence-electron chi connectivity index (χ2n) is 6.97. The number of hydrogen-bond donors (Lipinski definition) is 3. The van der Waals surface area contributed by atoms with Gasteiger partial charge in [0.2, 0.25) is 0 Å². The lowest BCUT2D eigenvalue weighted by Gasteiger charge is -2.23. The standard InChI is InChI=1S/C20H25N3O3S.ClH/c1-14-5-6-15(2)19(12-14)27(25,26)23-17-9-7-16(8-10-17)20(24)22-18-4-3-11-21-13-18;/h5-10,12,18,21,23H,3-4,11,13H2,1-2H3,(H,22,24);1H. The first-order chi connectivity index (χ1) is 12.8. The van der Waals surface area contributed by atoms with Crippen LogP contribution in [-0.4, -0.2) is 33.5 Å². The van der Waals surface area contributed by atoms with Crippen molar-refractivity contribution in [2.24, 2.45) is 0 Å². The predicted molar refractivity (Wildman–Crippen MR) is 114 cm³/mol. The summed E-state index contributed by atoms with van der Waals surface area (Å²) in [5, 5.41) is 6.26. The lowest BCUT2D eigenvalue weighted by Crippen LogP contribution is -2.45. The largest absolute Gasteiger partial charge is 0.348 e. The molecule has 1 unspecified atom stereocenters. The molecular formula is C20H26ClN3O3S. The minimum absolute atomic E-state index is 0. The summed E-state index contributed by atoms with van der Waals surface area (Å²) in [5.41, 5.74) is 2.50. The molecular weight excluding hydrogens is 398 g/mol. The second-order valence-corrected chi connectivity index (χ2v) is 8.62. The summed E-state index contributed by atoms with van der Waals surface area (Å²) in [7, 11) is -3.68. The fourth-order valence-electron chi connectivity index (χ4n) is 3.14. The van der Waals surface area contributed by atoms with E-state index >= 15 is 0 Å². The number of nitrogens with one attached hydrogen (secondary N) is 3. The molecule has 3 N–H and O–H groups in total. The van der Waals surface area contributed by atoms with E-state index in [1.54, 1.807) is 43.3 Å². The highest BCUT2D eigenvalue weighted by molar-refractivity contribution is 7.92. The van der Waals surface area contributed by atoms with Crippen molar-refractivity contribution in [2.45, 2.75) is 37.6 Å². The number of piperidine rings is 1. The number of carbonyl (C=O) groups is 1. The van der Waals surface area contributed by atoms with E-state index in [4.69, 9.17) is 0 Å². The quantitative estimate of drug-likeness (QED) is 0.689. The highest BCUT2D eigenvalue weighted by atomic mass is 35.5. The number of carbonyl (C=O) groups excluding carboxylic acids is 1. The van der Waals surface area contributed by atoms with Gasteiger partial charge in [-0.15, -0.1) is 12.4 Å². The van der Waals surface area contributed by atoms with Gasteiger partial charge in [0.25, 0.3) is 15.9 Å². The van der Waals surface area contributed by atoms with Gasteiger partial charge in [-0.05, 0) is 74.7 Å². The molecule has 8 heteroatoms. The van der Waals surface area contributed by atoms with E-state index in [2.05, 4.69) is 15.4 Å². The first-order valence-electron chi connectivity index (χ1n) is 9.07. The molecule has 2 aromatic carbocycles. The summed E-state index contributed by atoms with van der Waals surface area (Å²) >= 11 is 0. The van der Waals surface area contributed by atoms with Crippen LogP contribution in [-0.2, 0) is 10.0 Å². The number of rotatable bonds is 5. The highest BCUT2D eigenvalue weighted by Gasteiger charge is 2.18. The first kappa shape index (κ1) is 22.2. The lowest BCUT2D eigenvalue weighted by atomic mass is 10.1. The Labute approximate surface area is 172 Å². The van der Waals surface area contributed by atoms with Gasteiger partial charge >= 0.3 is 0 Å². The van der Waals surface area contributed by atoms with Crippen LogP contribution in [0.3, 0.4) is 0 Å². The van der Waals surface area contributed by atoms with Gasteiger partial charge in [0.15, 0.2) is 0 Å². The van der Waals surface area contributed by atoms with Crippen molar-refractivity contribution in [2.75, 3.05) is 17.8 Å². The van der Waals surface area contributed by atoms with Gasteiger partial charge in [0.05, 0.1) is 4.90 Å². The predicted octanol–water partition coefficient (Wildman–Crippen LogP) is 3.01. The summed E-state index contributed by atoms with van der Waals surface area (Å²) < 4.78 is 27.9. The number of sulfonamides is 1. The van der Waals surface area contributed by atoms with Crippen LogP contribution in [0.1, 0.15) is 34.3 Å². The molecule has 152 valence electrons. The van der Waals surface area contributed by atoms with E-state index < -0.39 is 10.0 Å². The van der Waals surface area contributed by atoms with Crippen molar-refractivity contribution in [1.82, 2.24) is 10.6 Å². The fourth-order valence-corrected chi connectivity index (χ4v) is 4.53. The third kappa shape index (κ3) is 5.47. The van der Waals surface area contributed by atoms with Gasteiger partial charge < -0.3 is 10.6 Å². The maximum absolute atomic E-state index is 12.7. The van der Waals surface area contributed by atoms with E-state index in [0.29, 0.717) is 16.8 Å². The Morgan fingerprint density at radius 3 is 2.46 bits per heavy atom. The SMILES string of the molecule is Cc1ccc(C)c(S(=O)(=O)Nc2ccc(C(=O)NC3CCCNC3)cc2)c1.Cl. The molecule has 0 aliphatic carbocycles. The molecule has 1 fully saturated rings. The van der Waals surface area contributed by atoms with Crippen molar-refractivity contribution < 1.29 is 13.2 Å². The van der Waals surface area contributed by atoms with Crippen LogP contribution < -0.4 is 15.4 Å². The number of anilines is 1. The number of halogens is 1. The summed E-state index contributed by atoms with van der Waals surface area (Å²) in [5.74, 6) is -0.146. The molecule has 2 aromatic rings. The monoisotopic (exact) mass is 423 g/mol. The maximum Gasteiger partial charge on any atom is 0.262 e. The first-order valence-corrected chi connectivity index (χ1v) is 10.6. The van der Waals surface area contributed by atoms with Crippen LogP contribution in [0, 0.1) is 13.8 Å². The van der Waals surface area contributed by atoms with Crippen molar-refractivity contribution in [3.05, 3.63) is 59.2 Å². The Morgan fingerprint density at radius 1 is 1.11 bits per heavy atom. The number of hydrogen-bond acceptors (Lipinski definition) is 4. The molecule has 1 amide bonds. The second kappa shape index (κ2) is 9.41. The Hall–Kier alpha value is -2.09. The normalized spacial score (nSPS) is 16.7. The molecule has 1 aliphatic heterocycles. The molecule has 28 heavy (non-hydrogen) atoms. The van der Waals surface area contributed by atoms with Crippen molar-refractivity contribution in [1.29, 1.82) is 0 Å². The molecule has 1 atom stereocenters. The summed E-state index contributed by atoms with van der Waals surface area (Å²) in [4.78, 5) is 12.6. The zero-order chi connectivity index (χ0) is 19.4. The van der Waals surface area contributed by atoms with Crippen LogP contribution in [0.2, 0.25) is 0 Å². The molecule has 1 saturated heterocycles. The van der Waals surface area contributed by atoms with Gasteiger partial charge in [-0.1, -0.05) is 12.1 Å². The molecule has 0 radical (unpaired) electrons. The number of aryl methyl sites for hydroxylation is 2. The van der Waals surface area contributed by atoms with E-state index in [0.717, 1.165) is 31.5 Å². The molecule has 6 nitrogen and oxygen atoms in total. The third-order valence-electron chi connectivity index (χ3n) is 4.66. The van der Waals surface area contributed by atoms with Crippen molar-refractivity contribution in [3.8, 4) is 0 Å². The van der Waals surface area contributed by atoms with Crippen LogP contribution >= 0.6 is 12.4 Å². The number of benzene rings is 2. The van der Waals surface area contributed by atoms with Gasteiger partial charge in [-0.25, -0.2) is 8.42 Å². The minimum Gasteiger partial charge on any atom is -0.348 e. The number of amides is 1. The molecule has 0 saturated carbocycles. The average Bonchev–Trinajstić information content (AvgIpc) is 2.64. The van der Waals surface area contributed by atoms with Crippen LogP contribution in [0.15, 0.2) is 47.4 Å². The van der Waals surface area contributed by atoms with Gasteiger partial charge in [-0.2, -0.15) is 0 Å². The van der Waals surface area contributed by atoms with Crippen molar-refractivity contribution >= 4 is 34.0 Å². The highest BCUT2D eigenvalue weighted by Crippen LogP contribution is 2.21. The average molecular weight is 424 g/mol. The fraction of sp³-hybridized carbons (Fsp3) is 0.350. The summed E-state index contributed by atoms with van der Waals surface area (Å²) in [6, 6.07) is 11.9. The molecule has 0 spiro atoms. The summed E-state index contributed by atoms with van der Waals surface area (Å²) in [6.45, 7) is 5.39. The minimum atomic E-state index is -3.68. The molecule has 0 aromatic heterocycles. The van der Waals surface area contributed by atoms with E-state index in [1.165, 1.54) is 0 Å². The molecule has 1 aliphatic rings. The topological polar surface area (TPSA) is 87.3 Å². The Morgan fingerprint density at radius 2 is 1.82 bits per heavy atom. The van der Waals surface area contributed by atoms with Crippen LogP contribution in [0.25, 0.3) is 0 Å². The van der Waals surface area contributed by atoms with E-state index in [-0.39, 0.29) is 29.3 Å². The zero-order valence-corrected chi connectivity index (χ0v) is 17.6. The van der Waals surface area contributed by atoms with E-state index in [1.807, 2.05) is 13.0 Å². The Kier molecular flexibility index (Phi) is 7.46. The van der Waals surface area contributed by atoms with E-state index in [9.17, 15) is 13.2 Å². The zero-order valence-electron chi connectivity index (χ0n) is 16.0. The van der Waals surface area contributed by atoms with Crippen LogP contribution in [0.5, 0.6) is 0 Å². The lowest BCUT2D eigenvalue weighted by molar-refractivity contribution is 0.0930. The van der Waals surface area contributed by atoms with Gasteiger partial charge in [0.1, 0.15) is 0 Å².